The SMILES string of the molecule is CCN1CC(CN(C)C(=O)c2sc(-c3ccsc3)nc2C)Oc2ccccc21. The van der Waals surface area contributed by atoms with E-state index < -0.39 is 0 Å². The van der Waals surface area contributed by atoms with Crippen molar-refractivity contribution in [3.05, 3.63) is 51.7 Å². The molecule has 1 amide bonds. The monoisotopic (exact) mass is 413 g/mol. The van der Waals surface area contributed by atoms with Crippen LogP contribution in [0.3, 0.4) is 0 Å². The Morgan fingerprint density at radius 3 is 2.93 bits per heavy atom. The molecular weight excluding hydrogens is 390 g/mol. The number of para-hydroxylation sites is 2. The number of aromatic nitrogens is 1. The maximum absolute atomic E-state index is 13.0. The van der Waals surface area contributed by atoms with E-state index in [1.165, 1.54) is 11.3 Å². The predicted molar refractivity (Wildman–Crippen MR) is 116 cm³/mol. The van der Waals surface area contributed by atoms with Gasteiger partial charge in [0.05, 0.1) is 24.5 Å². The van der Waals surface area contributed by atoms with Gasteiger partial charge < -0.3 is 14.5 Å². The zero-order valence-electron chi connectivity index (χ0n) is 16.2. The fourth-order valence-electron chi connectivity index (χ4n) is 3.44. The molecule has 3 aromatic rings. The molecule has 1 aliphatic rings. The average Bonchev–Trinajstić information content (AvgIpc) is 3.36. The third-order valence-corrected chi connectivity index (χ3v) is 6.77. The second kappa shape index (κ2) is 7.93. The van der Waals surface area contributed by atoms with Gasteiger partial charge in [0.1, 0.15) is 21.7 Å². The van der Waals surface area contributed by atoms with E-state index in [9.17, 15) is 4.79 Å². The molecule has 4 rings (SSSR count). The van der Waals surface area contributed by atoms with Crippen molar-refractivity contribution in [1.29, 1.82) is 0 Å². The van der Waals surface area contributed by atoms with Crippen LogP contribution in [0.25, 0.3) is 10.6 Å². The Morgan fingerprint density at radius 2 is 2.18 bits per heavy atom. The van der Waals surface area contributed by atoms with Crippen molar-refractivity contribution >= 4 is 34.3 Å². The maximum Gasteiger partial charge on any atom is 0.265 e. The number of ether oxygens (including phenoxy) is 1. The van der Waals surface area contributed by atoms with E-state index >= 15 is 0 Å². The molecule has 0 radical (unpaired) electrons. The number of hydrogen-bond donors (Lipinski definition) is 0. The zero-order valence-corrected chi connectivity index (χ0v) is 17.8. The number of aryl methyl sites for hydroxylation is 1. The Bertz CT molecular complexity index is 968. The molecule has 7 heteroatoms. The summed E-state index contributed by atoms with van der Waals surface area (Å²) in [6.45, 7) is 6.26. The fraction of sp³-hybridized carbons (Fsp3) is 0.333. The Morgan fingerprint density at radius 1 is 1.36 bits per heavy atom. The van der Waals surface area contributed by atoms with Crippen molar-refractivity contribution in [3.63, 3.8) is 0 Å². The van der Waals surface area contributed by atoms with Gasteiger partial charge in [-0.3, -0.25) is 4.79 Å². The molecule has 146 valence electrons. The summed E-state index contributed by atoms with van der Waals surface area (Å²) in [4.78, 5) is 22.4. The number of nitrogens with zero attached hydrogens (tertiary/aromatic N) is 3. The van der Waals surface area contributed by atoms with Crippen LogP contribution in [0.5, 0.6) is 5.75 Å². The Kier molecular flexibility index (Phi) is 5.37. The van der Waals surface area contributed by atoms with Crippen LogP contribution in [0.15, 0.2) is 41.1 Å². The molecule has 5 nitrogen and oxygen atoms in total. The first-order valence-corrected chi connectivity index (χ1v) is 11.1. The van der Waals surface area contributed by atoms with Crippen molar-refractivity contribution in [2.24, 2.45) is 0 Å². The van der Waals surface area contributed by atoms with Gasteiger partial charge in [-0.05, 0) is 37.4 Å². The summed E-state index contributed by atoms with van der Waals surface area (Å²) in [5.41, 5.74) is 2.98. The van der Waals surface area contributed by atoms with Crippen molar-refractivity contribution < 1.29 is 9.53 Å². The number of thiophene rings is 1. The lowest BCUT2D eigenvalue weighted by Crippen LogP contribution is -2.46. The second-order valence-electron chi connectivity index (χ2n) is 6.88. The van der Waals surface area contributed by atoms with Crippen LogP contribution in [0, 0.1) is 6.92 Å². The van der Waals surface area contributed by atoms with Crippen LogP contribution in [0.4, 0.5) is 5.69 Å². The van der Waals surface area contributed by atoms with Gasteiger partial charge in [-0.1, -0.05) is 12.1 Å². The zero-order chi connectivity index (χ0) is 19.7. The van der Waals surface area contributed by atoms with Crippen LogP contribution >= 0.6 is 22.7 Å². The summed E-state index contributed by atoms with van der Waals surface area (Å²) < 4.78 is 6.17. The van der Waals surface area contributed by atoms with Crippen LogP contribution in [-0.4, -0.2) is 48.6 Å². The van der Waals surface area contributed by atoms with Crippen molar-refractivity contribution in [1.82, 2.24) is 9.88 Å². The number of hydrogen-bond acceptors (Lipinski definition) is 6. The maximum atomic E-state index is 13.0. The molecule has 1 aliphatic heterocycles. The summed E-state index contributed by atoms with van der Waals surface area (Å²) in [7, 11) is 1.84. The minimum absolute atomic E-state index is 0.00184. The highest BCUT2D eigenvalue weighted by Crippen LogP contribution is 2.33. The van der Waals surface area contributed by atoms with Gasteiger partial charge in [0.2, 0.25) is 0 Å². The first-order chi connectivity index (χ1) is 13.6. The third kappa shape index (κ3) is 3.64. The van der Waals surface area contributed by atoms with Gasteiger partial charge >= 0.3 is 0 Å². The van der Waals surface area contributed by atoms with Crippen LogP contribution in [-0.2, 0) is 0 Å². The van der Waals surface area contributed by atoms with Crippen LogP contribution in [0.2, 0.25) is 0 Å². The summed E-state index contributed by atoms with van der Waals surface area (Å²) in [6.07, 6.45) is -0.0617. The smallest absolute Gasteiger partial charge is 0.265 e. The van der Waals surface area contributed by atoms with Gasteiger partial charge in [0.15, 0.2) is 0 Å². The van der Waals surface area contributed by atoms with E-state index in [-0.39, 0.29) is 12.0 Å². The van der Waals surface area contributed by atoms with Crippen molar-refractivity contribution in [2.75, 3.05) is 31.6 Å². The number of fused-ring (bicyclic) bond motifs is 1. The third-order valence-electron chi connectivity index (χ3n) is 4.89. The van der Waals surface area contributed by atoms with E-state index in [4.69, 9.17) is 4.74 Å². The lowest BCUT2D eigenvalue weighted by molar-refractivity contribution is 0.0713. The number of benzene rings is 1. The van der Waals surface area contributed by atoms with E-state index in [0.717, 1.165) is 40.8 Å². The van der Waals surface area contributed by atoms with Gasteiger partial charge in [-0.25, -0.2) is 4.98 Å². The highest BCUT2D eigenvalue weighted by Gasteiger charge is 2.28. The molecular formula is C21H23N3O2S2. The number of likely N-dealkylation sites (N-methyl/N-ethyl adjacent to an activating group) is 2. The number of amides is 1. The second-order valence-corrected chi connectivity index (χ2v) is 8.66. The lowest BCUT2D eigenvalue weighted by Gasteiger charge is -2.37. The number of carbonyl (C=O) groups excluding carboxylic acids is 1. The standard InChI is InChI=1S/C21H23N3O2S2/c1-4-24-12-16(26-18-8-6-5-7-17(18)24)11-23(3)21(25)19-14(2)22-20(28-19)15-9-10-27-13-15/h5-10,13,16H,4,11-12H2,1-3H3. The highest BCUT2D eigenvalue weighted by molar-refractivity contribution is 7.17. The molecule has 0 bridgehead atoms. The summed E-state index contributed by atoms with van der Waals surface area (Å²) in [5.74, 6) is 0.886. The molecule has 0 fully saturated rings. The quantitative estimate of drug-likeness (QED) is 0.616. The van der Waals surface area contributed by atoms with E-state index in [1.807, 2.05) is 43.6 Å². The normalized spacial score (nSPS) is 15.8. The summed E-state index contributed by atoms with van der Waals surface area (Å²) in [5, 5.41) is 4.98. The van der Waals surface area contributed by atoms with Gasteiger partial charge in [0, 0.05) is 24.5 Å². The fourth-order valence-corrected chi connectivity index (χ4v) is 5.21. The molecule has 1 unspecified atom stereocenters. The van der Waals surface area contributed by atoms with E-state index in [2.05, 4.69) is 28.3 Å². The number of carbonyl (C=O) groups is 1. The minimum atomic E-state index is -0.0617. The summed E-state index contributed by atoms with van der Waals surface area (Å²) in [6, 6.07) is 10.1. The Balaban J connectivity index is 1.48. The molecule has 0 saturated carbocycles. The molecule has 1 aromatic carbocycles. The molecule has 28 heavy (non-hydrogen) atoms. The highest BCUT2D eigenvalue weighted by atomic mass is 32.1. The number of thiazole rings is 1. The average molecular weight is 414 g/mol. The van der Waals surface area contributed by atoms with Gasteiger partial charge in [0.25, 0.3) is 5.91 Å². The molecule has 0 N–H and O–H groups in total. The number of rotatable bonds is 5. The predicted octanol–water partition coefficient (Wildman–Crippen LogP) is 4.54. The van der Waals surface area contributed by atoms with Gasteiger partial charge in [-0.15, -0.1) is 11.3 Å². The molecule has 0 aliphatic carbocycles. The minimum Gasteiger partial charge on any atom is -0.485 e. The molecule has 0 spiro atoms. The molecule has 0 saturated heterocycles. The number of anilines is 1. The van der Waals surface area contributed by atoms with Crippen molar-refractivity contribution in [2.45, 2.75) is 20.0 Å². The first-order valence-electron chi connectivity index (χ1n) is 9.33. The largest absolute Gasteiger partial charge is 0.485 e. The first kappa shape index (κ1) is 19.0. The Labute approximate surface area is 173 Å². The van der Waals surface area contributed by atoms with E-state index in [1.54, 1.807) is 16.2 Å². The van der Waals surface area contributed by atoms with Gasteiger partial charge in [-0.2, -0.15) is 11.3 Å². The van der Waals surface area contributed by atoms with Crippen molar-refractivity contribution in [3.8, 4) is 16.3 Å². The van der Waals surface area contributed by atoms with Crippen LogP contribution in [0.1, 0.15) is 22.3 Å². The molecule has 2 aromatic heterocycles. The molecule has 1 atom stereocenters. The Hall–Kier alpha value is -2.38. The lowest BCUT2D eigenvalue weighted by atomic mass is 10.2. The van der Waals surface area contributed by atoms with E-state index in [0.29, 0.717) is 11.4 Å². The van der Waals surface area contributed by atoms with Crippen LogP contribution < -0.4 is 9.64 Å². The summed E-state index contributed by atoms with van der Waals surface area (Å²) >= 11 is 3.10. The topological polar surface area (TPSA) is 45.7 Å². The molecule has 3 heterocycles.